The van der Waals surface area contributed by atoms with E-state index in [0.717, 1.165) is 17.5 Å². The maximum atomic E-state index is 2.68. The molecule has 4 saturated carbocycles. The van der Waals surface area contributed by atoms with Gasteiger partial charge >= 0.3 is 0 Å². The van der Waals surface area contributed by atoms with Crippen molar-refractivity contribution in [3.63, 3.8) is 0 Å². The zero-order chi connectivity index (χ0) is 56.4. The molecule has 0 radical (unpaired) electrons. The number of anilines is 3. The van der Waals surface area contributed by atoms with E-state index in [9.17, 15) is 0 Å². The smallest absolute Gasteiger partial charge is 0.0714 e. The standard InChI is InChI=1S/C82H75N/c1-78(2,3)54-30-34-56(35-31-54)81(57-36-32-55(33-37-57)79(4,5)6)73-26-15-12-20-65(73)68-42-40-61(49-75(68)81)83(62-41-43-69-66-21-13-16-27-74(66)82(76(69)50-62)58-45-51-44-52(47-58)48-59(82)46-51)60-38-28-53(29-39-60)63-18-9-10-19-64(63)70-23-17-24-71-67-22-11-14-25-72(67)80(7,8)77(70)71/h9-43,49-52,58-59H,44-48H2,1-8H3. The van der Waals surface area contributed by atoms with Gasteiger partial charge in [0.2, 0.25) is 0 Å². The average Bonchev–Trinajstić information content (AvgIpc) is 1.81. The van der Waals surface area contributed by atoms with Crippen LogP contribution >= 0.6 is 0 Å². The summed E-state index contributed by atoms with van der Waals surface area (Å²) in [4.78, 5) is 2.62. The van der Waals surface area contributed by atoms with Crippen LogP contribution in [0.2, 0.25) is 0 Å². The number of benzene rings is 10. The van der Waals surface area contributed by atoms with Crippen molar-refractivity contribution < 1.29 is 0 Å². The number of hydrogen-bond donors (Lipinski definition) is 0. The second-order valence-corrected chi connectivity index (χ2v) is 28.5. The molecule has 7 aliphatic carbocycles. The Morgan fingerprint density at radius 1 is 0.337 bits per heavy atom. The summed E-state index contributed by atoms with van der Waals surface area (Å²) < 4.78 is 0. The molecule has 10 aromatic carbocycles. The summed E-state index contributed by atoms with van der Waals surface area (Å²) in [7, 11) is 0. The molecule has 4 fully saturated rings. The minimum atomic E-state index is -0.578. The van der Waals surface area contributed by atoms with Crippen LogP contribution in [-0.2, 0) is 27.1 Å². The van der Waals surface area contributed by atoms with Crippen LogP contribution in [0.15, 0.2) is 224 Å². The van der Waals surface area contributed by atoms with Gasteiger partial charge in [-0.05, 0) is 214 Å². The van der Waals surface area contributed by atoms with Crippen molar-refractivity contribution in [2.45, 2.75) is 115 Å². The molecule has 0 atom stereocenters. The molecule has 408 valence electrons. The van der Waals surface area contributed by atoms with E-state index in [2.05, 4.69) is 285 Å². The second kappa shape index (κ2) is 18.0. The van der Waals surface area contributed by atoms with E-state index in [-0.39, 0.29) is 21.7 Å². The van der Waals surface area contributed by atoms with Crippen LogP contribution < -0.4 is 4.90 Å². The fourth-order valence-corrected chi connectivity index (χ4v) is 18.2. The Balaban J connectivity index is 0.903. The van der Waals surface area contributed by atoms with Crippen LogP contribution in [0, 0.1) is 23.7 Å². The zero-order valence-corrected chi connectivity index (χ0v) is 49.7. The maximum Gasteiger partial charge on any atom is 0.0714 e. The van der Waals surface area contributed by atoms with Crippen molar-refractivity contribution in [2.75, 3.05) is 4.90 Å². The normalized spacial score (nSPS) is 21.5. The van der Waals surface area contributed by atoms with Crippen LogP contribution in [-0.4, -0.2) is 0 Å². The molecule has 0 aliphatic heterocycles. The zero-order valence-electron chi connectivity index (χ0n) is 49.7. The van der Waals surface area contributed by atoms with Crippen LogP contribution in [0.1, 0.15) is 143 Å². The molecule has 0 heterocycles. The van der Waals surface area contributed by atoms with Gasteiger partial charge in [0.1, 0.15) is 0 Å². The lowest BCUT2D eigenvalue weighted by Gasteiger charge is -2.61. The van der Waals surface area contributed by atoms with E-state index < -0.39 is 5.41 Å². The second-order valence-electron chi connectivity index (χ2n) is 28.5. The summed E-state index contributed by atoms with van der Waals surface area (Å²) >= 11 is 0. The highest BCUT2D eigenvalue weighted by Crippen LogP contribution is 2.70. The molecule has 1 nitrogen and oxygen atoms in total. The van der Waals surface area contributed by atoms with Crippen molar-refractivity contribution in [1.29, 1.82) is 0 Å². The summed E-state index contributed by atoms with van der Waals surface area (Å²) in [6, 6.07) is 88.0. The maximum absolute atomic E-state index is 2.68. The minimum Gasteiger partial charge on any atom is -0.310 e. The predicted molar refractivity (Wildman–Crippen MR) is 348 cm³/mol. The van der Waals surface area contributed by atoms with Gasteiger partial charge < -0.3 is 4.90 Å². The van der Waals surface area contributed by atoms with Gasteiger partial charge in [-0.25, -0.2) is 0 Å². The molecule has 83 heavy (non-hydrogen) atoms. The fourth-order valence-electron chi connectivity index (χ4n) is 18.2. The van der Waals surface area contributed by atoms with Gasteiger partial charge in [0.05, 0.1) is 5.41 Å². The predicted octanol–water partition coefficient (Wildman–Crippen LogP) is 21.5. The molecule has 0 saturated heterocycles. The lowest BCUT2D eigenvalue weighted by atomic mass is 9.43. The molecular formula is C82H75N. The van der Waals surface area contributed by atoms with Crippen molar-refractivity contribution in [2.24, 2.45) is 23.7 Å². The number of hydrogen-bond acceptors (Lipinski definition) is 1. The Bertz CT molecular complexity index is 4160. The molecule has 7 aliphatic rings. The summed E-state index contributed by atoms with van der Waals surface area (Å²) in [5.74, 6) is 3.09. The molecule has 1 spiro atoms. The van der Waals surface area contributed by atoms with Crippen LogP contribution in [0.25, 0.3) is 55.6 Å². The van der Waals surface area contributed by atoms with Crippen molar-refractivity contribution >= 4 is 17.1 Å². The number of fused-ring (bicyclic) bond motifs is 9. The first-order chi connectivity index (χ1) is 40.1. The minimum absolute atomic E-state index is 0.0222. The molecule has 0 aromatic heterocycles. The molecule has 0 unspecified atom stereocenters. The van der Waals surface area contributed by atoms with Gasteiger partial charge in [-0.15, -0.1) is 0 Å². The third-order valence-corrected chi connectivity index (χ3v) is 21.7. The molecule has 0 N–H and O–H groups in total. The molecule has 1 heteroatoms. The molecular weight excluding hydrogens is 999 g/mol. The van der Waals surface area contributed by atoms with Gasteiger partial charge in [-0.2, -0.15) is 0 Å². The van der Waals surface area contributed by atoms with E-state index in [1.165, 1.54) is 144 Å². The Kier molecular flexibility index (Phi) is 11.0. The van der Waals surface area contributed by atoms with Gasteiger partial charge in [-0.3, -0.25) is 0 Å². The molecule has 4 bridgehead atoms. The van der Waals surface area contributed by atoms with Crippen molar-refractivity contribution in [1.82, 2.24) is 0 Å². The highest BCUT2D eigenvalue weighted by atomic mass is 15.1. The molecule has 17 rings (SSSR count). The number of nitrogens with zero attached hydrogens (tertiary/aromatic N) is 1. The first-order valence-electron chi connectivity index (χ1n) is 31.1. The summed E-state index contributed by atoms with van der Waals surface area (Å²) in [5.41, 5.74) is 30.1. The van der Waals surface area contributed by atoms with Gasteiger partial charge in [0.15, 0.2) is 0 Å². The summed E-state index contributed by atoms with van der Waals surface area (Å²) in [5, 5.41) is 0. The largest absolute Gasteiger partial charge is 0.310 e. The van der Waals surface area contributed by atoms with Gasteiger partial charge in [0.25, 0.3) is 0 Å². The topological polar surface area (TPSA) is 3.24 Å². The monoisotopic (exact) mass is 1070 g/mol. The van der Waals surface area contributed by atoms with E-state index >= 15 is 0 Å². The average molecular weight is 1070 g/mol. The van der Waals surface area contributed by atoms with E-state index in [1.54, 1.807) is 11.1 Å². The van der Waals surface area contributed by atoms with Crippen molar-refractivity contribution in [3.8, 4) is 55.6 Å². The van der Waals surface area contributed by atoms with E-state index in [4.69, 9.17) is 0 Å². The fraction of sp³-hybridized carbons (Fsp3) is 0.268. The number of rotatable bonds is 7. The van der Waals surface area contributed by atoms with E-state index in [0.29, 0.717) is 11.8 Å². The van der Waals surface area contributed by atoms with E-state index in [1.807, 2.05) is 0 Å². The first kappa shape index (κ1) is 50.7. The van der Waals surface area contributed by atoms with Crippen LogP contribution in [0.5, 0.6) is 0 Å². The highest BCUT2D eigenvalue weighted by Gasteiger charge is 2.61. The lowest BCUT2D eigenvalue weighted by molar-refractivity contribution is -0.0399. The van der Waals surface area contributed by atoms with Crippen molar-refractivity contribution in [3.05, 3.63) is 280 Å². The summed E-state index contributed by atoms with van der Waals surface area (Å²) in [6.07, 6.45) is 6.87. The Hall–Kier alpha value is -8.00. The SMILES string of the molecule is CC(C)(C)c1ccc(C2(c3ccc(C(C)(C)C)cc3)c3ccccc3-c3ccc(N(c4ccc(-c5ccccc5-c5cccc6c5C(C)(C)c5ccccc5-6)cc4)c4ccc5c(c4)C4(c6ccccc6-5)C5CC6CC(C5)CC4C6)cc32)cc1. The Morgan fingerprint density at radius 3 is 1.30 bits per heavy atom. The Morgan fingerprint density at radius 2 is 0.747 bits per heavy atom. The molecule has 10 aromatic rings. The van der Waals surface area contributed by atoms with Crippen LogP contribution in [0.4, 0.5) is 17.1 Å². The lowest BCUT2D eigenvalue weighted by Crippen LogP contribution is -2.55. The summed E-state index contributed by atoms with van der Waals surface area (Å²) in [6.45, 7) is 18.8. The third kappa shape index (κ3) is 7.25. The van der Waals surface area contributed by atoms with Gasteiger partial charge in [0, 0.05) is 27.9 Å². The molecule has 0 amide bonds. The Labute approximate surface area is 493 Å². The highest BCUT2D eigenvalue weighted by molar-refractivity contribution is 5.95. The van der Waals surface area contributed by atoms with Crippen LogP contribution in [0.3, 0.4) is 0 Å². The third-order valence-electron chi connectivity index (χ3n) is 21.7. The quantitative estimate of drug-likeness (QED) is 0.154. The first-order valence-corrected chi connectivity index (χ1v) is 31.1. The van der Waals surface area contributed by atoms with Gasteiger partial charge in [-0.1, -0.05) is 243 Å².